The minimum atomic E-state index is 0.512. The average molecular weight is 363 g/mol. The second-order valence-corrected chi connectivity index (χ2v) is 7.90. The van der Waals surface area contributed by atoms with Gasteiger partial charge in [0.15, 0.2) is 0 Å². The van der Waals surface area contributed by atoms with Crippen LogP contribution in [0.15, 0.2) is 49.1 Å². The predicted molar refractivity (Wildman–Crippen MR) is 105 cm³/mol. The summed E-state index contributed by atoms with van der Waals surface area (Å²) in [6.07, 6.45) is 3.36. The van der Waals surface area contributed by atoms with Crippen molar-refractivity contribution in [2.75, 3.05) is 5.73 Å². The molecule has 0 atom stereocenters. The van der Waals surface area contributed by atoms with Gasteiger partial charge in [-0.25, -0.2) is 15.0 Å². The van der Waals surface area contributed by atoms with Gasteiger partial charge in [0.2, 0.25) is 0 Å². The lowest BCUT2D eigenvalue weighted by Gasteiger charge is -2.01. The van der Waals surface area contributed by atoms with Crippen LogP contribution in [-0.4, -0.2) is 19.5 Å². The molecule has 0 spiro atoms. The zero-order chi connectivity index (χ0) is 17.0. The van der Waals surface area contributed by atoms with Crippen LogP contribution in [0.2, 0.25) is 0 Å². The molecule has 2 N–H and O–H groups in total. The number of aryl methyl sites for hydroxylation is 1. The lowest BCUT2D eigenvalue weighted by molar-refractivity contribution is 0.924. The summed E-state index contributed by atoms with van der Waals surface area (Å²) >= 11 is 3.37. The van der Waals surface area contributed by atoms with Crippen LogP contribution < -0.4 is 5.73 Å². The number of hydrogen-bond acceptors (Lipinski definition) is 6. The summed E-state index contributed by atoms with van der Waals surface area (Å²) in [5.41, 5.74) is 8.06. The molecule has 0 aliphatic heterocycles. The zero-order valence-electron chi connectivity index (χ0n) is 13.3. The molecule has 0 unspecified atom stereocenters. The number of nitrogen functional groups attached to an aromatic ring is 1. The van der Waals surface area contributed by atoms with Crippen LogP contribution in [0, 0.1) is 0 Å². The molecule has 4 aromatic heterocycles. The Bertz CT molecular complexity index is 1200. The minimum Gasteiger partial charge on any atom is -0.383 e. The van der Waals surface area contributed by atoms with Crippen molar-refractivity contribution < 1.29 is 0 Å². The molecule has 5 aromatic rings. The summed E-state index contributed by atoms with van der Waals surface area (Å²) in [6, 6.07) is 12.7. The highest BCUT2D eigenvalue weighted by Crippen LogP contribution is 2.41. The molecule has 0 bridgehead atoms. The van der Waals surface area contributed by atoms with E-state index in [1.165, 1.54) is 16.4 Å². The molecule has 0 saturated carbocycles. The summed E-state index contributed by atoms with van der Waals surface area (Å²) in [5.74, 6) is 0.512. The van der Waals surface area contributed by atoms with Crippen LogP contribution in [-0.2, 0) is 7.05 Å². The number of nitrogens with zero attached hydrogens (tertiary/aromatic N) is 4. The van der Waals surface area contributed by atoms with Crippen LogP contribution in [0.4, 0.5) is 5.82 Å². The van der Waals surface area contributed by atoms with Crippen LogP contribution in [0.1, 0.15) is 0 Å². The van der Waals surface area contributed by atoms with E-state index in [4.69, 9.17) is 5.73 Å². The number of nitrogens with two attached hydrogens (primary N) is 1. The van der Waals surface area contributed by atoms with Crippen molar-refractivity contribution in [1.29, 1.82) is 0 Å². The maximum absolute atomic E-state index is 6.00. The number of anilines is 1. The third-order valence-electron chi connectivity index (χ3n) is 4.19. The maximum Gasteiger partial charge on any atom is 0.135 e. The first-order chi connectivity index (χ1) is 12.2. The normalized spacial score (nSPS) is 11.6. The fourth-order valence-electron chi connectivity index (χ4n) is 2.99. The molecular weight excluding hydrogens is 350 g/mol. The van der Waals surface area contributed by atoms with Gasteiger partial charge in [-0.2, -0.15) is 0 Å². The number of rotatable bonds is 2. The van der Waals surface area contributed by atoms with E-state index in [1.54, 1.807) is 22.7 Å². The van der Waals surface area contributed by atoms with E-state index in [0.717, 1.165) is 31.4 Å². The van der Waals surface area contributed by atoms with Gasteiger partial charge < -0.3 is 10.3 Å². The van der Waals surface area contributed by atoms with Crippen molar-refractivity contribution in [3.05, 3.63) is 49.1 Å². The molecule has 25 heavy (non-hydrogen) atoms. The first kappa shape index (κ1) is 14.6. The summed E-state index contributed by atoms with van der Waals surface area (Å²) in [6.45, 7) is 0. The third kappa shape index (κ3) is 2.24. The van der Waals surface area contributed by atoms with Crippen molar-refractivity contribution in [2.24, 2.45) is 7.05 Å². The van der Waals surface area contributed by atoms with E-state index in [1.807, 2.05) is 17.9 Å². The molecule has 122 valence electrons. The molecule has 5 rings (SSSR count). The number of imidazole rings is 1. The summed E-state index contributed by atoms with van der Waals surface area (Å²) in [4.78, 5) is 16.2. The molecule has 5 nitrogen and oxygen atoms in total. The lowest BCUT2D eigenvalue weighted by Crippen LogP contribution is -1.90. The Hall–Kier alpha value is -2.77. The van der Waals surface area contributed by atoms with E-state index >= 15 is 0 Å². The number of aromatic nitrogens is 4. The van der Waals surface area contributed by atoms with E-state index in [0.29, 0.717) is 5.82 Å². The molecule has 7 heteroatoms. The molecule has 0 aliphatic rings. The van der Waals surface area contributed by atoms with Gasteiger partial charge in [0.05, 0.1) is 27.2 Å². The Morgan fingerprint density at radius 3 is 2.72 bits per heavy atom. The van der Waals surface area contributed by atoms with Crippen molar-refractivity contribution in [3.8, 4) is 21.1 Å². The molecular formula is C18H13N5S2. The third-order valence-corrected chi connectivity index (χ3v) is 6.36. The van der Waals surface area contributed by atoms with Gasteiger partial charge >= 0.3 is 0 Å². The van der Waals surface area contributed by atoms with Gasteiger partial charge in [0.1, 0.15) is 22.7 Å². The molecule has 1 aromatic carbocycles. The number of thiophene rings is 2. The zero-order valence-corrected chi connectivity index (χ0v) is 14.9. The van der Waals surface area contributed by atoms with Crippen molar-refractivity contribution in [2.45, 2.75) is 0 Å². The molecule has 0 radical (unpaired) electrons. The SMILES string of the molecule is Cn1cnc(-c2cc3ccccc3s2)c1-c1cc2c(N)ncnc2s1. The second kappa shape index (κ2) is 5.37. The van der Waals surface area contributed by atoms with Crippen LogP contribution in [0.5, 0.6) is 0 Å². The quantitative estimate of drug-likeness (QED) is 0.499. The molecule has 0 aliphatic carbocycles. The Morgan fingerprint density at radius 1 is 1.00 bits per heavy atom. The van der Waals surface area contributed by atoms with E-state index in [9.17, 15) is 0 Å². The summed E-state index contributed by atoms with van der Waals surface area (Å²) in [5, 5.41) is 2.14. The summed E-state index contributed by atoms with van der Waals surface area (Å²) < 4.78 is 3.31. The van der Waals surface area contributed by atoms with Crippen LogP contribution >= 0.6 is 22.7 Å². The van der Waals surface area contributed by atoms with Gasteiger partial charge in [0.25, 0.3) is 0 Å². The van der Waals surface area contributed by atoms with Crippen LogP contribution in [0.25, 0.3) is 41.4 Å². The van der Waals surface area contributed by atoms with E-state index < -0.39 is 0 Å². The van der Waals surface area contributed by atoms with Crippen molar-refractivity contribution >= 4 is 48.8 Å². The largest absolute Gasteiger partial charge is 0.383 e. The van der Waals surface area contributed by atoms with Gasteiger partial charge in [0, 0.05) is 11.7 Å². The first-order valence-electron chi connectivity index (χ1n) is 7.71. The second-order valence-electron chi connectivity index (χ2n) is 5.79. The Labute approximate surface area is 151 Å². The molecule has 0 amide bonds. The van der Waals surface area contributed by atoms with Crippen LogP contribution in [0.3, 0.4) is 0 Å². The van der Waals surface area contributed by atoms with Crippen molar-refractivity contribution in [3.63, 3.8) is 0 Å². The van der Waals surface area contributed by atoms with E-state index in [-0.39, 0.29) is 0 Å². The smallest absolute Gasteiger partial charge is 0.135 e. The van der Waals surface area contributed by atoms with E-state index in [2.05, 4.69) is 51.4 Å². The topological polar surface area (TPSA) is 69.6 Å². The number of fused-ring (bicyclic) bond motifs is 2. The standard InChI is InChI=1S/C18H13N5S2/c1-23-9-22-15(13-6-10-4-2-3-5-12(10)24-13)16(23)14-7-11-17(19)20-8-21-18(11)25-14/h2-9H,1H3,(H2,19,20,21). The number of hydrogen-bond donors (Lipinski definition) is 1. The fraction of sp³-hybridized carbons (Fsp3) is 0.0556. The maximum atomic E-state index is 6.00. The molecule has 4 heterocycles. The predicted octanol–water partition coefficient (Wildman–Crippen LogP) is 4.56. The number of benzene rings is 1. The first-order valence-corrected chi connectivity index (χ1v) is 9.34. The Kier molecular flexibility index (Phi) is 3.13. The highest BCUT2D eigenvalue weighted by atomic mass is 32.1. The van der Waals surface area contributed by atoms with Gasteiger partial charge in [-0.05, 0) is 23.6 Å². The highest BCUT2D eigenvalue weighted by molar-refractivity contribution is 7.23. The van der Waals surface area contributed by atoms with Crippen molar-refractivity contribution in [1.82, 2.24) is 19.5 Å². The molecule has 0 saturated heterocycles. The summed E-state index contributed by atoms with van der Waals surface area (Å²) in [7, 11) is 2.01. The monoisotopic (exact) mass is 363 g/mol. The average Bonchev–Trinajstić information content (AvgIpc) is 3.30. The highest BCUT2D eigenvalue weighted by Gasteiger charge is 2.18. The lowest BCUT2D eigenvalue weighted by atomic mass is 10.2. The van der Waals surface area contributed by atoms with Gasteiger partial charge in [-0.3, -0.25) is 0 Å². The Morgan fingerprint density at radius 2 is 1.88 bits per heavy atom. The molecule has 0 fully saturated rings. The van der Waals surface area contributed by atoms with Gasteiger partial charge in [-0.1, -0.05) is 18.2 Å². The van der Waals surface area contributed by atoms with Gasteiger partial charge in [-0.15, -0.1) is 22.7 Å². The Balaban J connectivity index is 1.74. The fourth-order valence-corrected chi connectivity index (χ4v) is 5.15. The minimum absolute atomic E-state index is 0.512.